The van der Waals surface area contributed by atoms with Crippen LogP contribution >= 0.6 is 0 Å². The molecule has 0 heterocycles. The first kappa shape index (κ1) is 14.0. The normalized spacial score (nSPS) is 15.4. The van der Waals surface area contributed by atoms with Crippen molar-refractivity contribution in [1.29, 1.82) is 0 Å². The van der Waals surface area contributed by atoms with Crippen molar-refractivity contribution in [3.8, 4) is 0 Å². The highest BCUT2D eigenvalue weighted by atomic mass is 16.3. The standard InChI is InChI=1S/C13H28O/c1-4-5-7-12(2)8-6-9-13(3)10-11-14/h12-14H,4-11H2,1-3H3/t12-,13+/m0/s1. The van der Waals surface area contributed by atoms with Gasteiger partial charge in [-0.15, -0.1) is 0 Å². The minimum atomic E-state index is 0.354. The molecule has 0 rings (SSSR count). The predicted octanol–water partition coefficient (Wildman–Crippen LogP) is 4.00. The second kappa shape index (κ2) is 9.51. The number of rotatable bonds is 9. The van der Waals surface area contributed by atoms with Crippen molar-refractivity contribution in [2.75, 3.05) is 6.61 Å². The molecule has 0 saturated heterocycles. The minimum Gasteiger partial charge on any atom is -0.396 e. The van der Waals surface area contributed by atoms with Crippen LogP contribution in [-0.2, 0) is 0 Å². The molecule has 0 bridgehead atoms. The van der Waals surface area contributed by atoms with Gasteiger partial charge in [-0.25, -0.2) is 0 Å². The smallest absolute Gasteiger partial charge is 0.0433 e. The summed E-state index contributed by atoms with van der Waals surface area (Å²) in [4.78, 5) is 0. The van der Waals surface area contributed by atoms with E-state index in [0.717, 1.165) is 12.3 Å². The molecule has 0 aromatic rings. The van der Waals surface area contributed by atoms with Crippen molar-refractivity contribution in [2.24, 2.45) is 11.8 Å². The quantitative estimate of drug-likeness (QED) is 0.596. The molecule has 1 N–H and O–H groups in total. The summed E-state index contributed by atoms with van der Waals surface area (Å²) < 4.78 is 0. The van der Waals surface area contributed by atoms with Gasteiger partial charge in [0.2, 0.25) is 0 Å². The Kier molecular flexibility index (Phi) is 9.49. The Morgan fingerprint density at radius 2 is 1.36 bits per heavy atom. The van der Waals surface area contributed by atoms with E-state index in [0.29, 0.717) is 12.5 Å². The number of hydrogen-bond acceptors (Lipinski definition) is 1. The van der Waals surface area contributed by atoms with Crippen LogP contribution in [-0.4, -0.2) is 11.7 Å². The van der Waals surface area contributed by atoms with Gasteiger partial charge in [0, 0.05) is 6.61 Å². The topological polar surface area (TPSA) is 20.2 Å². The van der Waals surface area contributed by atoms with E-state index in [1.54, 1.807) is 0 Å². The molecular formula is C13H28O. The second-order valence-corrected chi connectivity index (χ2v) is 4.80. The van der Waals surface area contributed by atoms with Crippen molar-refractivity contribution in [2.45, 2.75) is 65.7 Å². The van der Waals surface area contributed by atoms with Crippen LogP contribution in [0.2, 0.25) is 0 Å². The molecule has 0 spiro atoms. The monoisotopic (exact) mass is 200 g/mol. The molecule has 0 amide bonds. The predicted molar refractivity (Wildman–Crippen MR) is 63.4 cm³/mol. The minimum absolute atomic E-state index is 0.354. The molecule has 0 fully saturated rings. The molecule has 0 aliphatic rings. The third-order valence-corrected chi connectivity index (χ3v) is 3.07. The largest absolute Gasteiger partial charge is 0.396 e. The van der Waals surface area contributed by atoms with Gasteiger partial charge >= 0.3 is 0 Å². The summed E-state index contributed by atoms with van der Waals surface area (Å²) in [5, 5.41) is 8.76. The highest BCUT2D eigenvalue weighted by molar-refractivity contribution is 4.57. The molecular weight excluding hydrogens is 172 g/mol. The van der Waals surface area contributed by atoms with Gasteiger partial charge in [-0.3, -0.25) is 0 Å². The van der Waals surface area contributed by atoms with Gasteiger partial charge in [0.15, 0.2) is 0 Å². The first-order chi connectivity index (χ1) is 6.70. The summed E-state index contributed by atoms with van der Waals surface area (Å²) in [6.45, 7) is 7.22. The maximum Gasteiger partial charge on any atom is 0.0433 e. The summed E-state index contributed by atoms with van der Waals surface area (Å²) in [7, 11) is 0. The van der Waals surface area contributed by atoms with Crippen molar-refractivity contribution in [1.82, 2.24) is 0 Å². The van der Waals surface area contributed by atoms with Crippen molar-refractivity contribution in [3.63, 3.8) is 0 Å². The number of aliphatic hydroxyl groups excluding tert-OH is 1. The zero-order valence-corrected chi connectivity index (χ0v) is 10.3. The lowest BCUT2D eigenvalue weighted by Gasteiger charge is -2.13. The molecule has 0 saturated carbocycles. The summed E-state index contributed by atoms with van der Waals surface area (Å²) in [5.74, 6) is 1.61. The van der Waals surface area contributed by atoms with Crippen molar-refractivity contribution >= 4 is 0 Å². The Labute approximate surface area is 89.9 Å². The van der Waals surface area contributed by atoms with Crippen molar-refractivity contribution < 1.29 is 5.11 Å². The Morgan fingerprint density at radius 3 is 1.86 bits per heavy atom. The van der Waals surface area contributed by atoms with Gasteiger partial charge < -0.3 is 5.11 Å². The van der Waals surface area contributed by atoms with Gasteiger partial charge in [0.25, 0.3) is 0 Å². The molecule has 0 aliphatic carbocycles. The van der Waals surface area contributed by atoms with Gasteiger partial charge in [-0.1, -0.05) is 59.3 Å². The second-order valence-electron chi connectivity index (χ2n) is 4.80. The average Bonchev–Trinajstić information content (AvgIpc) is 2.15. The van der Waals surface area contributed by atoms with Crippen LogP contribution in [0.25, 0.3) is 0 Å². The third-order valence-electron chi connectivity index (χ3n) is 3.07. The van der Waals surface area contributed by atoms with E-state index in [2.05, 4.69) is 20.8 Å². The molecule has 86 valence electrons. The molecule has 0 aromatic heterocycles. The van der Waals surface area contributed by atoms with E-state index >= 15 is 0 Å². The molecule has 0 aromatic carbocycles. The molecule has 0 aliphatic heterocycles. The SMILES string of the molecule is CCCC[C@H](C)CCC[C@@H](C)CCO. The Hall–Kier alpha value is -0.0400. The van der Waals surface area contributed by atoms with E-state index in [1.807, 2.05) is 0 Å². The molecule has 1 heteroatoms. The van der Waals surface area contributed by atoms with E-state index in [1.165, 1.54) is 38.5 Å². The zero-order chi connectivity index (χ0) is 10.8. The zero-order valence-electron chi connectivity index (χ0n) is 10.3. The van der Waals surface area contributed by atoms with Gasteiger partial charge in [0.05, 0.1) is 0 Å². The van der Waals surface area contributed by atoms with Crippen LogP contribution in [0.5, 0.6) is 0 Å². The van der Waals surface area contributed by atoms with E-state index < -0.39 is 0 Å². The molecule has 2 atom stereocenters. The van der Waals surface area contributed by atoms with Crippen molar-refractivity contribution in [3.05, 3.63) is 0 Å². The van der Waals surface area contributed by atoms with Crippen LogP contribution in [0.3, 0.4) is 0 Å². The molecule has 14 heavy (non-hydrogen) atoms. The van der Waals surface area contributed by atoms with Gasteiger partial charge in [0.1, 0.15) is 0 Å². The van der Waals surface area contributed by atoms with E-state index in [9.17, 15) is 0 Å². The van der Waals surface area contributed by atoms with Gasteiger partial charge in [-0.05, 0) is 18.3 Å². The molecule has 0 radical (unpaired) electrons. The van der Waals surface area contributed by atoms with Crippen LogP contribution in [0.4, 0.5) is 0 Å². The van der Waals surface area contributed by atoms with Gasteiger partial charge in [-0.2, -0.15) is 0 Å². The lowest BCUT2D eigenvalue weighted by Crippen LogP contribution is -2.00. The maximum absolute atomic E-state index is 8.76. The fourth-order valence-electron chi connectivity index (χ4n) is 1.88. The highest BCUT2D eigenvalue weighted by Crippen LogP contribution is 2.18. The van der Waals surface area contributed by atoms with Crippen LogP contribution in [0.1, 0.15) is 65.7 Å². The Morgan fingerprint density at radius 1 is 0.857 bits per heavy atom. The Bertz CT molecular complexity index is 112. The summed E-state index contributed by atoms with van der Waals surface area (Å²) in [6, 6.07) is 0. The Balaban J connectivity index is 3.25. The lowest BCUT2D eigenvalue weighted by molar-refractivity contribution is 0.255. The number of aliphatic hydroxyl groups is 1. The molecule has 1 nitrogen and oxygen atoms in total. The lowest BCUT2D eigenvalue weighted by atomic mass is 9.94. The van der Waals surface area contributed by atoms with Crippen LogP contribution in [0.15, 0.2) is 0 Å². The number of unbranched alkanes of at least 4 members (excludes halogenated alkanes) is 1. The fourth-order valence-corrected chi connectivity index (χ4v) is 1.88. The highest BCUT2D eigenvalue weighted by Gasteiger charge is 2.04. The van der Waals surface area contributed by atoms with Crippen LogP contribution < -0.4 is 0 Å². The number of hydrogen-bond donors (Lipinski definition) is 1. The van der Waals surface area contributed by atoms with Crippen LogP contribution in [0, 0.1) is 11.8 Å². The summed E-state index contributed by atoms with van der Waals surface area (Å²) in [5.41, 5.74) is 0. The first-order valence-corrected chi connectivity index (χ1v) is 6.31. The third kappa shape index (κ3) is 8.55. The first-order valence-electron chi connectivity index (χ1n) is 6.31. The van der Waals surface area contributed by atoms with E-state index in [-0.39, 0.29) is 0 Å². The fraction of sp³-hybridized carbons (Fsp3) is 1.00. The average molecular weight is 200 g/mol. The molecule has 0 unspecified atom stereocenters. The maximum atomic E-state index is 8.76. The van der Waals surface area contributed by atoms with E-state index in [4.69, 9.17) is 5.11 Å². The summed E-state index contributed by atoms with van der Waals surface area (Å²) >= 11 is 0. The summed E-state index contributed by atoms with van der Waals surface area (Å²) in [6.07, 6.45) is 9.08.